The number of halogens is 5. The molecule has 1 saturated heterocycles. The van der Waals surface area contributed by atoms with Crippen molar-refractivity contribution in [3.8, 4) is 0 Å². The van der Waals surface area contributed by atoms with Crippen LogP contribution in [0.25, 0.3) is 0 Å². The molecule has 8 heteroatoms. The van der Waals surface area contributed by atoms with Gasteiger partial charge in [-0.1, -0.05) is 60.1 Å². The van der Waals surface area contributed by atoms with Crippen LogP contribution in [0.2, 0.25) is 5.02 Å². The summed E-state index contributed by atoms with van der Waals surface area (Å²) in [4.78, 5) is 26.9. The first kappa shape index (κ1) is 20.8. The third kappa shape index (κ3) is 2.53. The van der Waals surface area contributed by atoms with Gasteiger partial charge in [-0.05, 0) is 40.5 Å². The summed E-state index contributed by atoms with van der Waals surface area (Å²) >= 11 is 13.1. The molecule has 2 bridgehead atoms. The molecule has 4 aliphatic rings. The van der Waals surface area contributed by atoms with E-state index >= 15 is 0 Å². The number of nitrogens with zero attached hydrogens (tertiary/aromatic N) is 1. The van der Waals surface area contributed by atoms with Gasteiger partial charge >= 0.3 is 6.18 Å². The van der Waals surface area contributed by atoms with Gasteiger partial charge in [0.2, 0.25) is 11.8 Å². The van der Waals surface area contributed by atoms with Gasteiger partial charge < -0.3 is 0 Å². The van der Waals surface area contributed by atoms with Crippen LogP contribution in [0.15, 0.2) is 66.7 Å². The molecule has 0 aromatic heterocycles. The Morgan fingerprint density at radius 2 is 1.42 bits per heavy atom. The van der Waals surface area contributed by atoms with Crippen LogP contribution in [0.1, 0.15) is 33.7 Å². The molecule has 166 valence electrons. The van der Waals surface area contributed by atoms with Gasteiger partial charge in [-0.3, -0.25) is 9.59 Å². The molecule has 1 fully saturated rings. The molecule has 33 heavy (non-hydrogen) atoms. The fourth-order valence-electron chi connectivity index (χ4n) is 5.80. The molecule has 7 rings (SSSR count). The average Bonchev–Trinajstić information content (AvgIpc) is 3.05. The number of hydrogen-bond acceptors (Lipinski definition) is 2. The lowest BCUT2D eigenvalue weighted by atomic mass is 9.54. The van der Waals surface area contributed by atoms with Crippen LogP contribution in [-0.4, -0.2) is 11.8 Å². The molecule has 3 nitrogen and oxygen atoms in total. The van der Waals surface area contributed by atoms with Crippen LogP contribution < -0.4 is 4.90 Å². The Balaban J connectivity index is 1.56. The van der Waals surface area contributed by atoms with Gasteiger partial charge in [-0.15, -0.1) is 11.6 Å². The monoisotopic (exact) mass is 487 g/mol. The minimum atomic E-state index is -4.73. The van der Waals surface area contributed by atoms with Crippen molar-refractivity contribution >= 4 is 40.7 Å². The molecular formula is C25H14Cl2F3NO2. The van der Waals surface area contributed by atoms with E-state index in [1.54, 1.807) is 0 Å². The second-order valence-electron chi connectivity index (χ2n) is 8.54. The highest BCUT2D eigenvalue weighted by Crippen LogP contribution is 2.65. The van der Waals surface area contributed by atoms with Gasteiger partial charge in [-0.2, -0.15) is 13.2 Å². The van der Waals surface area contributed by atoms with Crippen molar-refractivity contribution in [1.82, 2.24) is 0 Å². The summed E-state index contributed by atoms with van der Waals surface area (Å²) in [5.41, 5.74) is 1.97. The molecule has 0 radical (unpaired) electrons. The van der Waals surface area contributed by atoms with Crippen LogP contribution in [-0.2, 0) is 20.6 Å². The number of rotatable bonds is 1. The van der Waals surface area contributed by atoms with E-state index in [1.807, 2.05) is 48.5 Å². The molecule has 3 aliphatic carbocycles. The zero-order valence-electron chi connectivity index (χ0n) is 16.7. The fourth-order valence-corrected chi connectivity index (χ4v) is 6.60. The number of alkyl halides is 4. The quantitative estimate of drug-likeness (QED) is 0.307. The lowest BCUT2D eigenvalue weighted by Gasteiger charge is -2.50. The third-order valence-electron chi connectivity index (χ3n) is 7.03. The SMILES string of the molecule is O=C1[C@@H]2C3c4ccccc4C(Cl)(c4ccccc43)[C@H]2C(=O)N1c1ccc(Cl)c(C(F)(F)F)c1. The van der Waals surface area contributed by atoms with E-state index in [2.05, 4.69) is 0 Å². The van der Waals surface area contributed by atoms with Gasteiger partial charge in [0.05, 0.1) is 28.1 Å². The Morgan fingerprint density at radius 1 is 0.848 bits per heavy atom. The van der Waals surface area contributed by atoms with E-state index < -0.39 is 51.2 Å². The lowest BCUT2D eigenvalue weighted by Crippen LogP contribution is -2.50. The summed E-state index contributed by atoms with van der Waals surface area (Å²) < 4.78 is 40.4. The van der Waals surface area contributed by atoms with E-state index in [0.29, 0.717) is 0 Å². The number of benzene rings is 3. The highest BCUT2D eigenvalue weighted by Gasteiger charge is 2.68. The molecule has 0 spiro atoms. The van der Waals surface area contributed by atoms with Gasteiger partial charge in [-0.25, -0.2) is 4.90 Å². The van der Waals surface area contributed by atoms with E-state index in [9.17, 15) is 22.8 Å². The Labute approximate surface area is 196 Å². The van der Waals surface area contributed by atoms with Gasteiger partial charge in [0.25, 0.3) is 0 Å². The predicted molar refractivity (Wildman–Crippen MR) is 117 cm³/mol. The van der Waals surface area contributed by atoms with E-state index in [4.69, 9.17) is 23.2 Å². The first-order valence-electron chi connectivity index (χ1n) is 10.3. The second-order valence-corrected chi connectivity index (χ2v) is 9.54. The fraction of sp³-hybridized carbons (Fsp3) is 0.200. The molecule has 0 saturated carbocycles. The molecule has 0 N–H and O–H groups in total. The summed E-state index contributed by atoms with van der Waals surface area (Å²) in [6, 6.07) is 17.9. The molecule has 3 aromatic carbocycles. The maximum absolute atomic E-state index is 13.7. The Hall–Kier alpha value is -2.83. The topological polar surface area (TPSA) is 37.4 Å². The van der Waals surface area contributed by atoms with Crippen LogP contribution in [0.3, 0.4) is 0 Å². The second kappa shape index (κ2) is 6.61. The van der Waals surface area contributed by atoms with Crippen LogP contribution in [0, 0.1) is 11.8 Å². The highest BCUT2D eigenvalue weighted by molar-refractivity contribution is 6.34. The lowest BCUT2D eigenvalue weighted by molar-refractivity contribution is -0.137. The van der Waals surface area contributed by atoms with E-state index in [-0.39, 0.29) is 5.69 Å². The number of amides is 2. The summed E-state index contributed by atoms with van der Waals surface area (Å²) in [5, 5.41) is -0.503. The van der Waals surface area contributed by atoms with Gasteiger partial charge in [0, 0.05) is 5.92 Å². The van der Waals surface area contributed by atoms with Gasteiger partial charge in [0.1, 0.15) is 4.87 Å². The predicted octanol–water partition coefficient (Wildman–Crippen LogP) is 6.11. The molecular weight excluding hydrogens is 474 g/mol. The molecule has 1 heterocycles. The smallest absolute Gasteiger partial charge is 0.274 e. The Morgan fingerprint density at radius 3 is 2.00 bits per heavy atom. The summed E-state index contributed by atoms with van der Waals surface area (Å²) in [5.74, 6) is -3.33. The normalized spacial score (nSPS) is 27.4. The number of imide groups is 1. The van der Waals surface area contributed by atoms with Crippen LogP contribution in [0.5, 0.6) is 0 Å². The number of hydrogen-bond donors (Lipinski definition) is 0. The average molecular weight is 488 g/mol. The zero-order chi connectivity index (χ0) is 23.3. The number of carbonyl (C=O) groups excluding carboxylic acids is 2. The minimum Gasteiger partial charge on any atom is -0.274 e. The first-order valence-corrected chi connectivity index (χ1v) is 11.0. The van der Waals surface area contributed by atoms with Gasteiger partial charge in [0.15, 0.2) is 0 Å². The maximum atomic E-state index is 13.7. The molecule has 1 aliphatic heterocycles. The van der Waals surface area contributed by atoms with Crippen LogP contribution in [0.4, 0.5) is 18.9 Å². The van der Waals surface area contributed by atoms with Crippen molar-refractivity contribution in [1.29, 1.82) is 0 Å². The Kier molecular flexibility index (Phi) is 4.16. The van der Waals surface area contributed by atoms with E-state index in [1.165, 1.54) is 6.07 Å². The van der Waals surface area contributed by atoms with E-state index in [0.717, 1.165) is 39.3 Å². The van der Waals surface area contributed by atoms with Crippen molar-refractivity contribution in [2.75, 3.05) is 4.90 Å². The minimum absolute atomic E-state index is 0.163. The molecule has 2 amide bonds. The van der Waals surface area contributed by atoms with Crippen molar-refractivity contribution < 1.29 is 22.8 Å². The number of anilines is 1. The Bertz CT molecular complexity index is 1320. The highest BCUT2D eigenvalue weighted by atomic mass is 35.5. The molecule has 2 atom stereocenters. The van der Waals surface area contributed by atoms with Crippen molar-refractivity contribution in [3.05, 3.63) is 99.6 Å². The standard InChI is InChI=1S/C25H14Cl2F3NO2/c26-18-10-9-12(11-17(18)25(28,29)30)31-22(32)20-19-13-5-1-3-7-15(13)24(27,21(20)23(31)33)16-8-4-2-6-14(16)19/h1-11,19-21H/t19?,20-,21-,24?/m1/s1. The zero-order valence-corrected chi connectivity index (χ0v) is 18.2. The van der Waals surface area contributed by atoms with Crippen molar-refractivity contribution in [2.24, 2.45) is 11.8 Å². The van der Waals surface area contributed by atoms with Crippen molar-refractivity contribution in [2.45, 2.75) is 17.0 Å². The summed E-state index contributed by atoms with van der Waals surface area (Å²) in [7, 11) is 0. The number of carbonyl (C=O) groups is 2. The summed E-state index contributed by atoms with van der Waals surface area (Å²) in [6.07, 6.45) is -4.73. The third-order valence-corrected chi connectivity index (χ3v) is 8.00. The summed E-state index contributed by atoms with van der Waals surface area (Å²) in [6.45, 7) is 0. The van der Waals surface area contributed by atoms with Crippen LogP contribution >= 0.6 is 23.2 Å². The largest absolute Gasteiger partial charge is 0.417 e. The molecule has 3 aromatic rings. The van der Waals surface area contributed by atoms with Crippen molar-refractivity contribution in [3.63, 3.8) is 0 Å². The molecule has 0 unspecified atom stereocenters. The maximum Gasteiger partial charge on any atom is 0.417 e. The first-order chi connectivity index (χ1) is 15.7.